The van der Waals surface area contributed by atoms with Gasteiger partial charge in [0.2, 0.25) is 15.9 Å². The van der Waals surface area contributed by atoms with Gasteiger partial charge < -0.3 is 11.5 Å². The normalized spacial score (nSPS) is 12.7. The fourth-order valence-corrected chi connectivity index (χ4v) is 3.35. The average molecular weight is 313 g/mol. The number of sulfonamides is 1. The molecule has 1 rings (SSSR count). The number of hydrogen-bond acceptors (Lipinski definition) is 4. The average Bonchev–Trinajstić information content (AvgIpc) is 2.38. The van der Waals surface area contributed by atoms with E-state index in [4.69, 9.17) is 11.5 Å². The number of carbonyl (C=O) groups excluding carboxylic acids is 1. The lowest BCUT2D eigenvalue weighted by atomic mass is 9.94. The van der Waals surface area contributed by atoms with E-state index in [9.17, 15) is 13.2 Å². The lowest BCUT2D eigenvalue weighted by Gasteiger charge is -2.28. The maximum atomic E-state index is 12.5. The molecular formula is C14H23N3O3S. The van der Waals surface area contributed by atoms with Crippen LogP contribution in [0.3, 0.4) is 0 Å². The molecule has 0 unspecified atom stereocenters. The molecule has 1 amide bonds. The van der Waals surface area contributed by atoms with Crippen molar-refractivity contribution in [3.8, 4) is 0 Å². The van der Waals surface area contributed by atoms with Crippen LogP contribution in [-0.2, 0) is 10.0 Å². The summed E-state index contributed by atoms with van der Waals surface area (Å²) in [7, 11) is -2.19. The minimum absolute atomic E-state index is 0.0530. The SMILES string of the molecule is Cc1ccc(S(=O)(=O)N(C)CC(C)(C)CN)cc1C(N)=O. The first-order valence-electron chi connectivity index (χ1n) is 6.58. The molecule has 0 aliphatic heterocycles. The molecular weight excluding hydrogens is 290 g/mol. The Morgan fingerprint density at radius 1 is 1.33 bits per heavy atom. The summed E-state index contributed by atoms with van der Waals surface area (Å²) in [5.74, 6) is -0.644. The molecule has 0 bridgehead atoms. The number of rotatable bonds is 6. The van der Waals surface area contributed by atoms with E-state index in [1.165, 1.54) is 23.5 Å². The summed E-state index contributed by atoms with van der Waals surface area (Å²) in [5.41, 5.74) is 11.4. The third-order valence-corrected chi connectivity index (χ3v) is 5.19. The zero-order chi connectivity index (χ0) is 16.4. The zero-order valence-corrected chi connectivity index (χ0v) is 13.7. The van der Waals surface area contributed by atoms with Crippen LogP contribution in [0.2, 0.25) is 0 Å². The van der Waals surface area contributed by atoms with Crippen molar-refractivity contribution in [3.63, 3.8) is 0 Å². The first-order chi connectivity index (χ1) is 9.51. The van der Waals surface area contributed by atoms with Gasteiger partial charge >= 0.3 is 0 Å². The van der Waals surface area contributed by atoms with E-state index < -0.39 is 15.9 Å². The Hall–Kier alpha value is -1.44. The van der Waals surface area contributed by atoms with Gasteiger partial charge in [-0.1, -0.05) is 19.9 Å². The fraction of sp³-hybridized carbons (Fsp3) is 0.500. The second-order valence-electron chi connectivity index (χ2n) is 5.97. The first kappa shape index (κ1) is 17.6. The van der Waals surface area contributed by atoms with Crippen molar-refractivity contribution in [3.05, 3.63) is 29.3 Å². The van der Waals surface area contributed by atoms with Gasteiger partial charge in [0.1, 0.15) is 0 Å². The summed E-state index contributed by atoms with van der Waals surface area (Å²) in [4.78, 5) is 11.4. The first-order valence-corrected chi connectivity index (χ1v) is 8.02. The molecule has 1 aromatic carbocycles. The number of amides is 1. The van der Waals surface area contributed by atoms with Gasteiger partial charge in [-0.3, -0.25) is 4.79 Å². The van der Waals surface area contributed by atoms with Crippen LogP contribution in [0.4, 0.5) is 0 Å². The number of primary amides is 1. The van der Waals surface area contributed by atoms with Gasteiger partial charge in [0.25, 0.3) is 0 Å². The van der Waals surface area contributed by atoms with Crippen LogP contribution in [0.15, 0.2) is 23.1 Å². The van der Waals surface area contributed by atoms with Crippen molar-refractivity contribution < 1.29 is 13.2 Å². The molecule has 0 saturated carbocycles. The highest BCUT2D eigenvalue weighted by Gasteiger charge is 2.27. The van der Waals surface area contributed by atoms with Crippen LogP contribution in [0, 0.1) is 12.3 Å². The molecule has 4 N–H and O–H groups in total. The number of benzene rings is 1. The minimum atomic E-state index is -3.69. The van der Waals surface area contributed by atoms with Crippen molar-refractivity contribution in [2.45, 2.75) is 25.7 Å². The molecule has 118 valence electrons. The Labute approximate surface area is 126 Å². The lowest BCUT2D eigenvalue weighted by molar-refractivity contribution is 0.0999. The summed E-state index contributed by atoms with van der Waals surface area (Å²) < 4.78 is 26.3. The van der Waals surface area contributed by atoms with Crippen LogP contribution in [-0.4, -0.2) is 38.8 Å². The van der Waals surface area contributed by atoms with Gasteiger partial charge in [-0.05, 0) is 36.6 Å². The van der Waals surface area contributed by atoms with E-state index >= 15 is 0 Å². The predicted molar refractivity (Wildman–Crippen MR) is 82.3 cm³/mol. The molecule has 0 aliphatic rings. The van der Waals surface area contributed by atoms with E-state index in [0.717, 1.165) is 0 Å². The number of carbonyl (C=O) groups is 1. The molecule has 6 nitrogen and oxygen atoms in total. The maximum absolute atomic E-state index is 12.5. The second-order valence-corrected chi connectivity index (χ2v) is 8.02. The molecule has 0 fully saturated rings. The highest BCUT2D eigenvalue weighted by molar-refractivity contribution is 7.89. The second kappa shape index (κ2) is 6.13. The van der Waals surface area contributed by atoms with Crippen molar-refractivity contribution in [2.24, 2.45) is 16.9 Å². The smallest absolute Gasteiger partial charge is 0.249 e. The van der Waals surface area contributed by atoms with Crippen LogP contribution >= 0.6 is 0 Å². The Morgan fingerprint density at radius 2 is 1.90 bits per heavy atom. The van der Waals surface area contributed by atoms with Gasteiger partial charge in [0.05, 0.1) is 4.90 Å². The molecule has 0 atom stereocenters. The van der Waals surface area contributed by atoms with Gasteiger partial charge in [0.15, 0.2) is 0 Å². The van der Waals surface area contributed by atoms with Crippen LogP contribution in [0.5, 0.6) is 0 Å². The molecule has 0 radical (unpaired) electrons. The summed E-state index contributed by atoms with van der Waals surface area (Å²) in [6.45, 7) is 6.14. The predicted octanol–water partition coefficient (Wildman–Crippen LogP) is 0.699. The van der Waals surface area contributed by atoms with Crippen molar-refractivity contribution in [2.75, 3.05) is 20.1 Å². The van der Waals surface area contributed by atoms with Crippen molar-refractivity contribution in [1.82, 2.24) is 4.31 Å². The molecule has 0 aliphatic carbocycles. The molecule has 0 aromatic heterocycles. The minimum Gasteiger partial charge on any atom is -0.366 e. The monoisotopic (exact) mass is 313 g/mol. The summed E-state index contributed by atoms with van der Waals surface area (Å²) in [6.07, 6.45) is 0. The summed E-state index contributed by atoms with van der Waals surface area (Å²) in [5, 5.41) is 0. The topological polar surface area (TPSA) is 106 Å². The summed E-state index contributed by atoms with van der Waals surface area (Å²) in [6, 6.07) is 4.37. The maximum Gasteiger partial charge on any atom is 0.249 e. The van der Waals surface area contributed by atoms with E-state index in [1.54, 1.807) is 13.0 Å². The Morgan fingerprint density at radius 3 is 2.38 bits per heavy atom. The zero-order valence-electron chi connectivity index (χ0n) is 12.9. The standard InChI is InChI=1S/C14H23N3O3S/c1-10-5-6-11(7-12(10)13(16)18)21(19,20)17(4)9-14(2,3)8-15/h5-7H,8-9,15H2,1-4H3,(H2,16,18). The molecule has 0 saturated heterocycles. The Kier molecular flexibility index (Phi) is 5.14. The molecule has 0 spiro atoms. The van der Waals surface area contributed by atoms with E-state index in [1.807, 2.05) is 13.8 Å². The number of nitrogens with two attached hydrogens (primary N) is 2. The number of nitrogens with zero attached hydrogens (tertiary/aromatic N) is 1. The van der Waals surface area contributed by atoms with E-state index in [2.05, 4.69) is 0 Å². The van der Waals surface area contributed by atoms with Gasteiger partial charge in [-0.25, -0.2) is 12.7 Å². The molecule has 21 heavy (non-hydrogen) atoms. The van der Waals surface area contributed by atoms with Crippen molar-refractivity contribution in [1.29, 1.82) is 0 Å². The lowest BCUT2D eigenvalue weighted by Crippen LogP contribution is -2.39. The molecule has 1 aromatic rings. The Balaban J connectivity index is 3.19. The summed E-state index contributed by atoms with van der Waals surface area (Å²) >= 11 is 0. The van der Waals surface area contributed by atoms with Crippen LogP contribution in [0.1, 0.15) is 29.8 Å². The van der Waals surface area contributed by atoms with Gasteiger partial charge in [-0.15, -0.1) is 0 Å². The third kappa shape index (κ3) is 4.03. The number of hydrogen-bond donors (Lipinski definition) is 2. The van der Waals surface area contributed by atoms with Gasteiger partial charge in [-0.2, -0.15) is 0 Å². The fourth-order valence-electron chi connectivity index (χ4n) is 1.96. The molecule has 7 heteroatoms. The quantitative estimate of drug-likeness (QED) is 0.806. The van der Waals surface area contributed by atoms with Gasteiger partial charge in [0, 0.05) is 19.2 Å². The Bertz CT molecular complexity index is 639. The van der Waals surface area contributed by atoms with E-state index in [0.29, 0.717) is 12.1 Å². The highest BCUT2D eigenvalue weighted by Crippen LogP contribution is 2.22. The number of aryl methyl sites for hydroxylation is 1. The van der Waals surface area contributed by atoms with Crippen molar-refractivity contribution >= 4 is 15.9 Å². The van der Waals surface area contributed by atoms with E-state index in [-0.39, 0.29) is 22.4 Å². The van der Waals surface area contributed by atoms with Crippen LogP contribution < -0.4 is 11.5 Å². The third-order valence-electron chi connectivity index (χ3n) is 3.39. The largest absolute Gasteiger partial charge is 0.366 e. The molecule has 0 heterocycles. The highest BCUT2D eigenvalue weighted by atomic mass is 32.2. The van der Waals surface area contributed by atoms with Crippen LogP contribution in [0.25, 0.3) is 0 Å².